The number of benzene rings is 3. The highest BCUT2D eigenvalue weighted by Crippen LogP contribution is 2.37. The van der Waals surface area contributed by atoms with Crippen LogP contribution in [0.4, 0.5) is 5.69 Å². The van der Waals surface area contributed by atoms with Gasteiger partial charge in [-0.1, -0.05) is 24.3 Å². The molecular formula is C27H16N4O5S2. The predicted molar refractivity (Wildman–Crippen MR) is 143 cm³/mol. The van der Waals surface area contributed by atoms with Crippen LogP contribution in [0.25, 0.3) is 10.2 Å². The van der Waals surface area contributed by atoms with Gasteiger partial charge in [0.25, 0.3) is 17.7 Å². The molecule has 9 nitrogen and oxygen atoms in total. The molecule has 0 saturated carbocycles. The van der Waals surface area contributed by atoms with Crippen molar-refractivity contribution in [3.05, 3.63) is 101 Å². The lowest BCUT2D eigenvalue weighted by atomic mass is 10.1. The first-order valence-corrected chi connectivity index (χ1v) is 12.9. The molecule has 1 aliphatic rings. The third kappa shape index (κ3) is 4.33. The number of phenols is 1. The maximum absolute atomic E-state index is 12.8. The van der Waals surface area contributed by atoms with E-state index in [1.165, 1.54) is 46.3 Å². The Morgan fingerprint density at radius 1 is 1.00 bits per heavy atom. The fourth-order valence-electron chi connectivity index (χ4n) is 3.92. The Morgan fingerprint density at radius 3 is 2.50 bits per heavy atom. The van der Waals surface area contributed by atoms with Crippen LogP contribution in [0.2, 0.25) is 0 Å². The largest absolute Gasteiger partial charge is 0.507 e. The Bertz CT molecular complexity index is 1740. The number of hydrazone groups is 1. The molecule has 3 amide bonds. The van der Waals surface area contributed by atoms with Gasteiger partial charge in [-0.05, 0) is 66.4 Å². The summed E-state index contributed by atoms with van der Waals surface area (Å²) < 4.78 is 7.28. The van der Waals surface area contributed by atoms with Gasteiger partial charge in [0.1, 0.15) is 11.5 Å². The maximum atomic E-state index is 12.8. The lowest BCUT2D eigenvalue weighted by molar-refractivity contribution is 0.0921. The van der Waals surface area contributed by atoms with Gasteiger partial charge in [0.2, 0.25) is 0 Å². The molecule has 0 unspecified atom stereocenters. The summed E-state index contributed by atoms with van der Waals surface area (Å²) in [6.07, 6.45) is 1.36. The van der Waals surface area contributed by atoms with E-state index in [1.54, 1.807) is 66.7 Å². The van der Waals surface area contributed by atoms with Gasteiger partial charge in [0.15, 0.2) is 9.43 Å². The van der Waals surface area contributed by atoms with E-state index in [9.17, 15) is 19.5 Å². The summed E-state index contributed by atoms with van der Waals surface area (Å²) in [5, 5.41) is 14.2. The van der Waals surface area contributed by atoms with Crippen molar-refractivity contribution in [2.45, 2.75) is 9.43 Å². The predicted octanol–water partition coefficient (Wildman–Crippen LogP) is 5.31. The normalized spacial score (nSPS) is 13.0. The molecule has 38 heavy (non-hydrogen) atoms. The molecule has 1 aliphatic heterocycles. The van der Waals surface area contributed by atoms with Gasteiger partial charge < -0.3 is 9.52 Å². The van der Waals surface area contributed by atoms with Gasteiger partial charge in [0.05, 0.1) is 38.8 Å². The van der Waals surface area contributed by atoms with Gasteiger partial charge in [0, 0.05) is 0 Å². The number of aromatic nitrogens is 1. The molecular weight excluding hydrogens is 524 g/mol. The zero-order chi connectivity index (χ0) is 26.2. The second-order valence-corrected chi connectivity index (χ2v) is 10.4. The lowest BCUT2D eigenvalue weighted by Gasteiger charge is -2.13. The van der Waals surface area contributed by atoms with Crippen LogP contribution >= 0.6 is 23.1 Å². The van der Waals surface area contributed by atoms with E-state index in [-0.39, 0.29) is 23.1 Å². The van der Waals surface area contributed by atoms with Crippen molar-refractivity contribution in [3.8, 4) is 5.75 Å². The number of phenolic OH excluding ortho intramolecular Hbond substituents is 1. The number of aromatic hydroxyl groups is 1. The summed E-state index contributed by atoms with van der Waals surface area (Å²) in [5.41, 5.74) is 4.48. The number of hydrogen-bond acceptors (Lipinski definition) is 9. The Labute approximate surface area is 223 Å². The average Bonchev–Trinajstić information content (AvgIpc) is 3.60. The zero-order valence-electron chi connectivity index (χ0n) is 19.3. The molecule has 2 N–H and O–H groups in total. The summed E-state index contributed by atoms with van der Waals surface area (Å²) >= 11 is 2.72. The molecule has 0 spiro atoms. The number of hydrogen-bond donors (Lipinski definition) is 2. The molecule has 0 radical (unpaired) electrons. The Morgan fingerprint density at radius 2 is 1.74 bits per heavy atom. The average molecular weight is 541 g/mol. The van der Waals surface area contributed by atoms with E-state index in [2.05, 4.69) is 15.5 Å². The SMILES string of the molecule is O=C(N/N=C\c1ccc(Sc2nc3ccc(N4C(=O)c5ccccc5C4=O)cc3s2)o1)c1ccccc1O. The van der Waals surface area contributed by atoms with Crippen molar-refractivity contribution in [1.29, 1.82) is 0 Å². The molecule has 2 aromatic heterocycles. The first kappa shape index (κ1) is 23.6. The van der Waals surface area contributed by atoms with Crippen molar-refractivity contribution in [2.24, 2.45) is 5.10 Å². The summed E-state index contributed by atoms with van der Waals surface area (Å²) in [5.74, 6) is -0.950. The monoisotopic (exact) mass is 540 g/mol. The molecule has 0 atom stereocenters. The number of carbonyl (C=O) groups is 3. The molecule has 0 bridgehead atoms. The van der Waals surface area contributed by atoms with Crippen LogP contribution in [0.3, 0.4) is 0 Å². The van der Waals surface area contributed by atoms with Crippen molar-refractivity contribution in [1.82, 2.24) is 10.4 Å². The zero-order valence-corrected chi connectivity index (χ0v) is 21.0. The van der Waals surface area contributed by atoms with Gasteiger partial charge >= 0.3 is 0 Å². The Hall–Kier alpha value is -4.74. The van der Waals surface area contributed by atoms with E-state index in [1.807, 2.05) is 0 Å². The van der Waals surface area contributed by atoms with Crippen molar-refractivity contribution in [3.63, 3.8) is 0 Å². The number of rotatable bonds is 6. The number of para-hydroxylation sites is 1. The van der Waals surface area contributed by atoms with Crippen LogP contribution in [0.15, 0.2) is 97.8 Å². The van der Waals surface area contributed by atoms with Crippen LogP contribution in [0.1, 0.15) is 36.8 Å². The summed E-state index contributed by atoms with van der Waals surface area (Å²) in [6, 6.07) is 21.7. The number of anilines is 1. The summed E-state index contributed by atoms with van der Waals surface area (Å²) in [6.45, 7) is 0. The second-order valence-electron chi connectivity index (χ2n) is 8.10. The quantitative estimate of drug-likeness (QED) is 0.170. The lowest BCUT2D eigenvalue weighted by Crippen LogP contribution is -2.29. The van der Waals surface area contributed by atoms with E-state index >= 15 is 0 Å². The van der Waals surface area contributed by atoms with Crippen LogP contribution < -0.4 is 10.3 Å². The van der Waals surface area contributed by atoms with E-state index in [0.717, 1.165) is 10.2 Å². The van der Waals surface area contributed by atoms with Crippen molar-refractivity contribution >= 4 is 62.9 Å². The Kier molecular flexibility index (Phi) is 5.98. The summed E-state index contributed by atoms with van der Waals surface area (Å²) in [4.78, 5) is 43.6. The third-order valence-corrected chi connectivity index (χ3v) is 7.70. The minimum atomic E-state index is -0.546. The van der Waals surface area contributed by atoms with Crippen LogP contribution in [-0.2, 0) is 0 Å². The number of furan rings is 1. The van der Waals surface area contributed by atoms with E-state index in [0.29, 0.717) is 32.0 Å². The fraction of sp³-hybridized carbons (Fsp3) is 0. The van der Waals surface area contributed by atoms with Crippen LogP contribution in [0.5, 0.6) is 5.75 Å². The van der Waals surface area contributed by atoms with Gasteiger partial charge in [-0.3, -0.25) is 14.4 Å². The number of amides is 3. The minimum absolute atomic E-state index is 0.113. The highest BCUT2D eigenvalue weighted by atomic mass is 32.2. The molecule has 5 aromatic rings. The van der Waals surface area contributed by atoms with Gasteiger partial charge in [-0.15, -0.1) is 11.3 Å². The molecule has 0 aliphatic carbocycles. The van der Waals surface area contributed by atoms with E-state index in [4.69, 9.17) is 4.42 Å². The first-order chi connectivity index (χ1) is 18.5. The van der Waals surface area contributed by atoms with Crippen LogP contribution in [0, 0.1) is 0 Å². The summed E-state index contributed by atoms with van der Waals surface area (Å²) in [7, 11) is 0. The smallest absolute Gasteiger partial charge is 0.275 e. The molecule has 3 heterocycles. The highest BCUT2D eigenvalue weighted by Gasteiger charge is 2.36. The second kappa shape index (κ2) is 9.61. The number of nitrogens with one attached hydrogen (secondary N) is 1. The number of imide groups is 1. The molecule has 11 heteroatoms. The Balaban J connectivity index is 1.14. The molecule has 0 saturated heterocycles. The van der Waals surface area contributed by atoms with Gasteiger partial charge in [-0.2, -0.15) is 5.10 Å². The van der Waals surface area contributed by atoms with Gasteiger partial charge in [-0.25, -0.2) is 15.3 Å². The molecule has 6 rings (SSSR count). The standard InChI is InChI=1S/C27H16N4O5S2/c32-21-8-4-3-7-19(21)24(33)30-28-14-16-10-12-23(36-16)38-27-29-20-11-9-15(13-22(20)37-27)31-25(34)17-5-1-2-6-18(17)26(31)35/h1-14,32H,(H,30,33)/b28-14-. The first-order valence-electron chi connectivity index (χ1n) is 11.3. The highest BCUT2D eigenvalue weighted by molar-refractivity contribution is 8.01. The van der Waals surface area contributed by atoms with Crippen molar-refractivity contribution in [2.75, 3.05) is 4.90 Å². The number of fused-ring (bicyclic) bond motifs is 2. The topological polar surface area (TPSA) is 125 Å². The molecule has 186 valence electrons. The number of nitrogens with zero attached hydrogens (tertiary/aromatic N) is 3. The molecule has 0 fully saturated rings. The van der Waals surface area contributed by atoms with Crippen molar-refractivity contribution < 1.29 is 23.9 Å². The fourth-order valence-corrected chi connectivity index (χ4v) is 5.93. The van der Waals surface area contributed by atoms with E-state index < -0.39 is 5.91 Å². The maximum Gasteiger partial charge on any atom is 0.275 e. The molecule has 3 aromatic carbocycles. The number of carbonyl (C=O) groups excluding carboxylic acids is 3. The van der Waals surface area contributed by atoms with Crippen LogP contribution in [-0.4, -0.2) is 34.0 Å². The third-order valence-electron chi connectivity index (χ3n) is 5.70. The number of thiazole rings is 1. The minimum Gasteiger partial charge on any atom is -0.507 e.